The molecule has 1 aliphatic carbocycles. The number of alkyl halides is 1. The summed E-state index contributed by atoms with van der Waals surface area (Å²) in [5.74, 6) is 1.42. The first kappa shape index (κ1) is 11.3. The van der Waals surface area contributed by atoms with Crippen molar-refractivity contribution in [3.8, 4) is 0 Å². The fourth-order valence-corrected chi connectivity index (χ4v) is 2.31. The van der Waals surface area contributed by atoms with Gasteiger partial charge in [-0.1, -0.05) is 26.2 Å². The Hall–Kier alpha value is 0.250. The van der Waals surface area contributed by atoms with Crippen LogP contribution in [0.15, 0.2) is 0 Å². The molecule has 1 fully saturated rings. The molecule has 0 radical (unpaired) electrons. The highest BCUT2D eigenvalue weighted by atomic mass is 35.5. The van der Waals surface area contributed by atoms with E-state index in [0.29, 0.717) is 5.92 Å². The maximum atomic E-state index is 5.81. The SMILES string of the molecule is CC(CCl)CN(C)C1CCCCC1. The minimum Gasteiger partial charge on any atom is -0.303 e. The molecule has 2 heteroatoms. The van der Waals surface area contributed by atoms with Gasteiger partial charge in [0.1, 0.15) is 0 Å². The number of halogens is 1. The predicted molar refractivity (Wildman–Crippen MR) is 59.4 cm³/mol. The summed E-state index contributed by atoms with van der Waals surface area (Å²) in [5, 5.41) is 0. The van der Waals surface area contributed by atoms with Crippen molar-refractivity contribution in [3.05, 3.63) is 0 Å². The molecule has 1 atom stereocenters. The molecular formula is C11H22ClN. The zero-order valence-electron chi connectivity index (χ0n) is 8.93. The van der Waals surface area contributed by atoms with E-state index in [2.05, 4.69) is 18.9 Å². The van der Waals surface area contributed by atoms with Crippen LogP contribution in [0.4, 0.5) is 0 Å². The van der Waals surface area contributed by atoms with E-state index in [1.165, 1.54) is 32.1 Å². The van der Waals surface area contributed by atoms with Crippen LogP contribution in [-0.4, -0.2) is 30.4 Å². The molecule has 0 saturated heterocycles. The third-order valence-corrected chi connectivity index (χ3v) is 3.59. The molecule has 13 heavy (non-hydrogen) atoms. The van der Waals surface area contributed by atoms with E-state index >= 15 is 0 Å². The smallest absolute Gasteiger partial charge is 0.0261 e. The molecule has 78 valence electrons. The molecule has 1 aliphatic rings. The van der Waals surface area contributed by atoms with Gasteiger partial charge in [0, 0.05) is 18.5 Å². The minimum absolute atomic E-state index is 0.633. The molecule has 0 N–H and O–H groups in total. The van der Waals surface area contributed by atoms with Crippen LogP contribution >= 0.6 is 11.6 Å². The molecule has 0 aromatic rings. The van der Waals surface area contributed by atoms with Gasteiger partial charge in [-0.15, -0.1) is 11.6 Å². The van der Waals surface area contributed by atoms with Crippen molar-refractivity contribution in [2.24, 2.45) is 5.92 Å². The lowest BCUT2D eigenvalue weighted by molar-refractivity contribution is 0.175. The maximum Gasteiger partial charge on any atom is 0.0261 e. The van der Waals surface area contributed by atoms with Gasteiger partial charge in [-0.2, -0.15) is 0 Å². The third kappa shape index (κ3) is 3.86. The van der Waals surface area contributed by atoms with Gasteiger partial charge in [0.25, 0.3) is 0 Å². The highest BCUT2D eigenvalue weighted by Gasteiger charge is 2.18. The van der Waals surface area contributed by atoms with Gasteiger partial charge in [0.15, 0.2) is 0 Å². The van der Waals surface area contributed by atoms with Gasteiger partial charge in [-0.05, 0) is 25.8 Å². The largest absolute Gasteiger partial charge is 0.303 e. The summed E-state index contributed by atoms with van der Waals surface area (Å²) in [7, 11) is 2.25. The summed E-state index contributed by atoms with van der Waals surface area (Å²) in [6.45, 7) is 3.39. The lowest BCUT2D eigenvalue weighted by atomic mass is 9.94. The van der Waals surface area contributed by atoms with Crippen LogP contribution in [0.1, 0.15) is 39.0 Å². The van der Waals surface area contributed by atoms with E-state index in [9.17, 15) is 0 Å². The van der Waals surface area contributed by atoms with Crippen molar-refractivity contribution in [1.82, 2.24) is 4.90 Å². The van der Waals surface area contributed by atoms with Gasteiger partial charge in [0.05, 0.1) is 0 Å². The lowest BCUT2D eigenvalue weighted by Gasteiger charge is -2.32. The fraction of sp³-hybridized carbons (Fsp3) is 1.00. The zero-order valence-corrected chi connectivity index (χ0v) is 9.69. The van der Waals surface area contributed by atoms with Gasteiger partial charge < -0.3 is 4.90 Å². The van der Waals surface area contributed by atoms with Gasteiger partial charge >= 0.3 is 0 Å². The first-order valence-corrected chi connectivity index (χ1v) is 6.03. The molecule has 0 aromatic carbocycles. The van der Waals surface area contributed by atoms with E-state index in [0.717, 1.165) is 18.5 Å². The molecule has 0 heterocycles. The summed E-state index contributed by atoms with van der Waals surface area (Å²) < 4.78 is 0. The first-order chi connectivity index (χ1) is 6.24. The van der Waals surface area contributed by atoms with Crippen molar-refractivity contribution in [3.63, 3.8) is 0 Å². The van der Waals surface area contributed by atoms with Crippen LogP contribution in [-0.2, 0) is 0 Å². The summed E-state index contributed by atoms with van der Waals surface area (Å²) in [5.41, 5.74) is 0. The van der Waals surface area contributed by atoms with E-state index in [1.54, 1.807) is 0 Å². The number of nitrogens with zero attached hydrogens (tertiary/aromatic N) is 1. The average Bonchev–Trinajstić information content (AvgIpc) is 2.19. The highest BCUT2D eigenvalue weighted by molar-refractivity contribution is 6.18. The molecule has 1 nitrogen and oxygen atoms in total. The minimum atomic E-state index is 0.633. The van der Waals surface area contributed by atoms with Crippen LogP contribution < -0.4 is 0 Å². The van der Waals surface area contributed by atoms with Crippen molar-refractivity contribution < 1.29 is 0 Å². The van der Waals surface area contributed by atoms with Crippen LogP contribution in [0, 0.1) is 5.92 Å². The topological polar surface area (TPSA) is 3.24 Å². The molecule has 1 unspecified atom stereocenters. The maximum absolute atomic E-state index is 5.81. The molecular weight excluding hydrogens is 182 g/mol. The molecule has 0 spiro atoms. The van der Waals surface area contributed by atoms with E-state index < -0.39 is 0 Å². The van der Waals surface area contributed by atoms with E-state index in [-0.39, 0.29) is 0 Å². The molecule has 0 amide bonds. The van der Waals surface area contributed by atoms with Crippen LogP contribution in [0.3, 0.4) is 0 Å². The summed E-state index contributed by atoms with van der Waals surface area (Å²) in [4.78, 5) is 2.51. The summed E-state index contributed by atoms with van der Waals surface area (Å²) in [6, 6.07) is 0.833. The molecule has 1 saturated carbocycles. The number of hydrogen-bond acceptors (Lipinski definition) is 1. The normalized spacial score (nSPS) is 22.2. The van der Waals surface area contributed by atoms with Gasteiger partial charge in [-0.3, -0.25) is 0 Å². The van der Waals surface area contributed by atoms with Gasteiger partial charge in [-0.25, -0.2) is 0 Å². The Bertz CT molecular complexity index is 132. The Morgan fingerprint density at radius 3 is 2.46 bits per heavy atom. The third-order valence-electron chi connectivity index (χ3n) is 3.06. The predicted octanol–water partition coefficient (Wildman–Crippen LogP) is 3.13. The summed E-state index contributed by atoms with van der Waals surface area (Å²) in [6.07, 6.45) is 7.07. The van der Waals surface area contributed by atoms with Crippen molar-refractivity contribution in [2.75, 3.05) is 19.5 Å². The van der Waals surface area contributed by atoms with Crippen LogP contribution in [0.5, 0.6) is 0 Å². The number of rotatable bonds is 4. The van der Waals surface area contributed by atoms with E-state index in [4.69, 9.17) is 11.6 Å². The van der Waals surface area contributed by atoms with Crippen molar-refractivity contribution >= 4 is 11.6 Å². The average molecular weight is 204 g/mol. The molecule has 1 rings (SSSR count). The molecule has 0 aromatic heterocycles. The Labute approximate surface area is 87.4 Å². The first-order valence-electron chi connectivity index (χ1n) is 5.50. The number of hydrogen-bond donors (Lipinski definition) is 0. The lowest BCUT2D eigenvalue weighted by Crippen LogP contribution is -2.36. The Morgan fingerprint density at radius 1 is 1.31 bits per heavy atom. The highest BCUT2D eigenvalue weighted by Crippen LogP contribution is 2.22. The van der Waals surface area contributed by atoms with E-state index in [1.807, 2.05) is 0 Å². The second-order valence-corrected chi connectivity index (χ2v) is 4.80. The Morgan fingerprint density at radius 2 is 1.92 bits per heavy atom. The van der Waals surface area contributed by atoms with Crippen molar-refractivity contribution in [2.45, 2.75) is 45.1 Å². The Balaban J connectivity index is 2.24. The quantitative estimate of drug-likeness (QED) is 0.635. The molecule has 0 bridgehead atoms. The van der Waals surface area contributed by atoms with Crippen molar-refractivity contribution in [1.29, 1.82) is 0 Å². The van der Waals surface area contributed by atoms with Crippen LogP contribution in [0.25, 0.3) is 0 Å². The second-order valence-electron chi connectivity index (χ2n) is 4.49. The van der Waals surface area contributed by atoms with Crippen LogP contribution in [0.2, 0.25) is 0 Å². The fourth-order valence-electron chi connectivity index (χ4n) is 2.21. The monoisotopic (exact) mass is 203 g/mol. The second kappa shape index (κ2) is 5.87. The summed E-state index contributed by atoms with van der Waals surface area (Å²) >= 11 is 5.81. The molecule has 0 aliphatic heterocycles. The Kier molecular flexibility index (Phi) is 5.12. The standard InChI is InChI=1S/C11H22ClN/c1-10(8-12)9-13(2)11-6-4-3-5-7-11/h10-11H,3-9H2,1-2H3. The van der Waals surface area contributed by atoms with Gasteiger partial charge in [0.2, 0.25) is 0 Å². The zero-order chi connectivity index (χ0) is 9.68.